The second-order valence-corrected chi connectivity index (χ2v) is 6.17. The van der Waals surface area contributed by atoms with Crippen molar-refractivity contribution in [3.05, 3.63) is 22.3 Å². The molecule has 1 aliphatic carbocycles. The molecule has 90 valence electrons. The van der Waals surface area contributed by atoms with Gasteiger partial charge < -0.3 is 0 Å². The predicted octanol–water partition coefficient (Wildman–Crippen LogP) is 2.92. The molecule has 0 bridgehead atoms. The van der Waals surface area contributed by atoms with Crippen LogP contribution in [0, 0.1) is 5.41 Å². The highest BCUT2D eigenvalue weighted by atomic mass is 79.9. The Morgan fingerprint density at radius 2 is 2.29 bits per heavy atom. The molecule has 4 heteroatoms. The third-order valence-electron chi connectivity index (χ3n) is 3.75. The molecule has 3 nitrogen and oxygen atoms in total. The number of rotatable bonds is 1. The van der Waals surface area contributed by atoms with E-state index in [4.69, 9.17) is 0 Å². The van der Waals surface area contributed by atoms with Crippen molar-refractivity contribution in [2.75, 3.05) is 11.4 Å². The van der Waals surface area contributed by atoms with Crippen LogP contribution in [-0.4, -0.2) is 17.4 Å². The van der Waals surface area contributed by atoms with E-state index in [1.807, 2.05) is 4.90 Å². The lowest BCUT2D eigenvalue weighted by molar-refractivity contribution is -0.123. The third-order valence-corrected chi connectivity index (χ3v) is 4.19. The topological polar surface area (TPSA) is 33.2 Å². The van der Waals surface area contributed by atoms with Crippen LogP contribution in [0.1, 0.15) is 31.7 Å². The van der Waals surface area contributed by atoms with Crippen LogP contribution in [0.4, 0.5) is 5.82 Å². The average Bonchev–Trinajstić information content (AvgIpc) is 3.06. The fourth-order valence-electron chi connectivity index (χ4n) is 2.36. The SMILES string of the molecule is CC1(C(=O)N2CCCc3cc(Br)cnc32)CC1. The molecule has 1 aromatic heterocycles. The summed E-state index contributed by atoms with van der Waals surface area (Å²) in [4.78, 5) is 18.7. The van der Waals surface area contributed by atoms with E-state index in [1.54, 1.807) is 6.20 Å². The normalized spacial score (nSPS) is 20.9. The number of carbonyl (C=O) groups is 1. The zero-order valence-electron chi connectivity index (χ0n) is 9.87. The van der Waals surface area contributed by atoms with Crippen molar-refractivity contribution >= 4 is 27.7 Å². The molecule has 1 amide bonds. The summed E-state index contributed by atoms with van der Waals surface area (Å²) in [5.41, 5.74) is 1.08. The first-order valence-electron chi connectivity index (χ1n) is 6.07. The molecule has 0 aromatic carbocycles. The summed E-state index contributed by atoms with van der Waals surface area (Å²) in [6, 6.07) is 2.08. The quantitative estimate of drug-likeness (QED) is 0.798. The van der Waals surface area contributed by atoms with Gasteiger partial charge in [-0.25, -0.2) is 4.98 Å². The van der Waals surface area contributed by atoms with Crippen LogP contribution in [0.5, 0.6) is 0 Å². The number of aromatic nitrogens is 1. The predicted molar refractivity (Wildman–Crippen MR) is 70.0 cm³/mol. The molecule has 0 N–H and O–H groups in total. The fourth-order valence-corrected chi connectivity index (χ4v) is 2.74. The number of amides is 1. The smallest absolute Gasteiger partial charge is 0.234 e. The molecular weight excluding hydrogens is 280 g/mol. The molecule has 0 atom stereocenters. The minimum Gasteiger partial charge on any atom is -0.296 e. The van der Waals surface area contributed by atoms with Gasteiger partial charge in [0, 0.05) is 22.6 Å². The van der Waals surface area contributed by atoms with Gasteiger partial charge in [0.05, 0.1) is 0 Å². The van der Waals surface area contributed by atoms with Gasteiger partial charge in [0.2, 0.25) is 5.91 Å². The van der Waals surface area contributed by atoms with Crippen LogP contribution in [0.15, 0.2) is 16.7 Å². The van der Waals surface area contributed by atoms with Crippen molar-refractivity contribution in [2.45, 2.75) is 32.6 Å². The summed E-state index contributed by atoms with van der Waals surface area (Å²) < 4.78 is 0.989. The van der Waals surface area contributed by atoms with E-state index >= 15 is 0 Å². The van der Waals surface area contributed by atoms with Gasteiger partial charge in [-0.15, -0.1) is 0 Å². The number of fused-ring (bicyclic) bond motifs is 1. The van der Waals surface area contributed by atoms with Crippen LogP contribution < -0.4 is 4.90 Å². The van der Waals surface area contributed by atoms with Gasteiger partial charge in [0.25, 0.3) is 0 Å². The Balaban J connectivity index is 1.96. The number of pyridine rings is 1. The highest BCUT2D eigenvalue weighted by Gasteiger charge is 2.48. The summed E-state index contributed by atoms with van der Waals surface area (Å²) in [7, 11) is 0. The van der Waals surface area contributed by atoms with Gasteiger partial charge >= 0.3 is 0 Å². The Kier molecular flexibility index (Phi) is 2.51. The van der Waals surface area contributed by atoms with Crippen LogP contribution >= 0.6 is 15.9 Å². The molecule has 1 fully saturated rings. The van der Waals surface area contributed by atoms with E-state index in [2.05, 4.69) is 33.9 Å². The number of aryl methyl sites for hydroxylation is 1. The van der Waals surface area contributed by atoms with E-state index in [0.29, 0.717) is 0 Å². The summed E-state index contributed by atoms with van der Waals surface area (Å²) in [5.74, 6) is 1.13. The lowest BCUT2D eigenvalue weighted by atomic mass is 10.0. The van der Waals surface area contributed by atoms with Crippen molar-refractivity contribution in [3.8, 4) is 0 Å². The minimum atomic E-state index is -0.108. The van der Waals surface area contributed by atoms with Crippen molar-refractivity contribution in [2.24, 2.45) is 5.41 Å². The second-order valence-electron chi connectivity index (χ2n) is 5.26. The van der Waals surface area contributed by atoms with Crippen molar-refractivity contribution in [1.29, 1.82) is 0 Å². The van der Waals surface area contributed by atoms with Gasteiger partial charge in [0.1, 0.15) is 5.82 Å². The van der Waals surface area contributed by atoms with Crippen LogP contribution in [-0.2, 0) is 11.2 Å². The van der Waals surface area contributed by atoms with Gasteiger partial charge in [-0.1, -0.05) is 6.92 Å². The average molecular weight is 295 g/mol. The van der Waals surface area contributed by atoms with Gasteiger partial charge in [-0.3, -0.25) is 9.69 Å². The summed E-state index contributed by atoms with van der Waals surface area (Å²) in [6.07, 6.45) is 5.87. The standard InChI is InChI=1S/C13H15BrN2O/c1-13(4-5-13)12(17)16-6-2-3-9-7-10(14)8-15-11(9)16/h7-8H,2-6H2,1H3. The maximum atomic E-state index is 12.4. The number of hydrogen-bond donors (Lipinski definition) is 0. The molecule has 2 aliphatic rings. The fraction of sp³-hybridized carbons (Fsp3) is 0.538. The highest BCUT2D eigenvalue weighted by Crippen LogP contribution is 2.47. The summed E-state index contributed by atoms with van der Waals surface area (Å²) >= 11 is 3.43. The lowest BCUT2D eigenvalue weighted by Crippen LogP contribution is -2.40. The van der Waals surface area contributed by atoms with E-state index in [1.165, 1.54) is 5.56 Å². The maximum Gasteiger partial charge on any atom is 0.234 e. The molecule has 0 radical (unpaired) electrons. The van der Waals surface area contributed by atoms with Gasteiger partial charge in [-0.05, 0) is 53.2 Å². The number of anilines is 1. The number of nitrogens with zero attached hydrogens (tertiary/aromatic N) is 2. The molecule has 0 spiro atoms. The molecule has 0 unspecified atom stereocenters. The van der Waals surface area contributed by atoms with E-state index in [0.717, 1.165) is 42.5 Å². The Morgan fingerprint density at radius 1 is 1.53 bits per heavy atom. The number of halogens is 1. The molecule has 1 aromatic rings. The van der Waals surface area contributed by atoms with Crippen LogP contribution in [0.3, 0.4) is 0 Å². The first kappa shape index (κ1) is 11.2. The molecule has 1 aliphatic heterocycles. The summed E-state index contributed by atoms with van der Waals surface area (Å²) in [6.45, 7) is 2.87. The van der Waals surface area contributed by atoms with Crippen molar-refractivity contribution < 1.29 is 4.79 Å². The van der Waals surface area contributed by atoms with E-state index in [-0.39, 0.29) is 11.3 Å². The van der Waals surface area contributed by atoms with Crippen LogP contribution in [0.25, 0.3) is 0 Å². The zero-order valence-corrected chi connectivity index (χ0v) is 11.5. The lowest BCUT2D eigenvalue weighted by Gasteiger charge is -2.30. The Labute approximate surface area is 109 Å². The highest BCUT2D eigenvalue weighted by molar-refractivity contribution is 9.10. The number of hydrogen-bond acceptors (Lipinski definition) is 2. The zero-order chi connectivity index (χ0) is 12.0. The van der Waals surface area contributed by atoms with Gasteiger partial charge in [-0.2, -0.15) is 0 Å². The van der Waals surface area contributed by atoms with E-state index in [9.17, 15) is 4.79 Å². The minimum absolute atomic E-state index is 0.108. The van der Waals surface area contributed by atoms with Gasteiger partial charge in [0.15, 0.2) is 0 Å². The molecule has 3 rings (SSSR count). The Morgan fingerprint density at radius 3 is 3.00 bits per heavy atom. The van der Waals surface area contributed by atoms with Crippen molar-refractivity contribution in [3.63, 3.8) is 0 Å². The summed E-state index contributed by atoms with van der Waals surface area (Å²) in [5, 5.41) is 0. The molecular formula is C13H15BrN2O. The largest absolute Gasteiger partial charge is 0.296 e. The first-order valence-corrected chi connectivity index (χ1v) is 6.86. The molecule has 1 saturated carbocycles. The molecule has 17 heavy (non-hydrogen) atoms. The number of carbonyl (C=O) groups excluding carboxylic acids is 1. The maximum absolute atomic E-state index is 12.4. The second kappa shape index (κ2) is 3.80. The monoisotopic (exact) mass is 294 g/mol. The Bertz CT molecular complexity index is 482. The first-order chi connectivity index (χ1) is 8.10. The Hall–Kier alpha value is -0.900. The van der Waals surface area contributed by atoms with E-state index < -0.39 is 0 Å². The molecule has 2 heterocycles. The van der Waals surface area contributed by atoms with Crippen molar-refractivity contribution in [1.82, 2.24) is 4.98 Å². The third kappa shape index (κ3) is 1.88. The van der Waals surface area contributed by atoms with Crippen LogP contribution in [0.2, 0.25) is 0 Å². The molecule has 0 saturated heterocycles.